The number of rotatable bonds is 6. The summed E-state index contributed by atoms with van der Waals surface area (Å²) >= 11 is 1.13. The van der Waals surface area contributed by atoms with Crippen LogP contribution in [0.2, 0.25) is 0 Å². The molecule has 0 spiro atoms. The summed E-state index contributed by atoms with van der Waals surface area (Å²) in [5.74, 6) is -0.732. The number of para-hydroxylation sites is 2. The Morgan fingerprint density at radius 3 is 2.48 bits per heavy atom. The standard InChI is InChI=1S/C26H22N2O4S/c1-15-8-4-6-10-20(15)28-24(30)23-16(2)12-17(3)27-25(23)33-14-21(29)19-13-18-9-5-7-11-22(18)32-26(19)31/h4-13H,14H2,1-3H3,(H,28,30). The molecule has 0 atom stereocenters. The maximum Gasteiger partial charge on any atom is 0.347 e. The summed E-state index contributed by atoms with van der Waals surface area (Å²) in [4.78, 5) is 42.8. The number of pyridine rings is 1. The van der Waals surface area contributed by atoms with E-state index in [4.69, 9.17) is 4.42 Å². The molecule has 0 aliphatic carbocycles. The summed E-state index contributed by atoms with van der Waals surface area (Å²) in [6.07, 6.45) is 0. The third kappa shape index (κ3) is 4.88. The van der Waals surface area contributed by atoms with Crippen LogP contribution in [0.5, 0.6) is 0 Å². The predicted molar refractivity (Wildman–Crippen MR) is 130 cm³/mol. The number of nitrogens with one attached hydrogen (secondary N) is 1. The number of thioether (sulfide) groups is 1. The Kier molecular flexibility index (Phi) is 6.42. The molecule has 0 aliphatic rings. The van der Waals surface area contributed by atoms with E-state index in [1.54, 1.807) is 24.3 Å². The molecule has 7 heteroatoms. The summed E-state index contributed by atoms with van der Waals surface area (Å²) in [6, 6.07) is 17.9. The van der Waals surface area contributed by atoms with Crippen molar-refractivity contribution in [2.24, 2.45) is 0 Å². The van der Waals surface area contributed by atoms with Gasteiger partial charge in [-0.05, 0) is 56.2 Å². The highest BCUT2D eigenvalue weighted by Crippen LogP contribution is 2.27. The predicted octanol–water partition coefficient (Wildman–Crippen LogP) is 5.34. The highest BCUT2D eigenvalue weighted by Gasteiger charge is 2.20. The molecule has 2 aromatic carbocycles. The number of carbonyl (C=O) groups excluding carboxylic acids is 2. The number of aromatic nitrogens is 1. The van der Waals surface area contributed by atoms with E-state index in [0.717, 1.165) is 28.6 Å². The lowest BCUT2D eigenvalue weighted by Crippen LogP contribution is -2.18. The minimum absolute atomic E-state index is 0.0171. The number of amides is 1. The van der Waals surface area contributed by atoms with Crippen molar-refractivity contribution in [1.82, 2.24) is 4.98 Å². The molecule has 4 aromatic rings. The van der Waals surface area contributed by atoms with Gasteiger partial charge in [0.1, 0.15) is 16.2 Å². The molecule has 0 bridgehead atoms. The number of ketones is 1. The Morgan fingerprint density at radius 1 is 0.970 bits per heavy atom. The van der Waals surface area contributed by atoms with Gasteiger partial charge in [0.25, 0.3) is 5.91 Å². The molecule has 33 heavy (non-hydrogen) atoms. The van der Waals surface area contributed by atoms with E-state index in [-0.39, 0.29) is 23.0 Å². The summed E-state index contributed by atoms with van der Waals surface area (Å²) in [5.41, 5.74) is 3.29. The topological polar surface area (TPSA) is 89.3 Å². The van der Waals surface area contributed by atoms with Gasteiger partial charge in [0.05, 0.1) is 11.3 Å². The van der Waals surface area contributed by atoms with Gasteiger partial charge in [-0.25, -0.2) is 9.78 Å². The second kappa shape index (κ2) is 9.42. The SMILES string of the molecule is Cc1cc(C)c(C(=O)Nc2ccccc2C)c(SCC(=O)c2cc3ccccc3oc2=O)n1. The molecule has 2 aromatic heterocycles. The first kappa shape index (κ1) is 22.5. The molecule has 0 unspecified atom stereocenters. The summed E-state index contributed by atoms with van der Waals surface area (Å²) in [7, 11) is 0. The fraction of sp³-hybridized carbons (Fsp3) is 0.154. The van der Waals surface area contributed by atoms with Gasteiger partial charge < -0.3 is 9.73 Å². The first-order chi connectivity index (χ1) is 15.8. The molecule has 0 radical (unpaired) electrons. The minimum atomic E-state index is -0.676. The molecule has 2 heterocycles. The molecule has 0 aliphatic heterocycles. The first-order valence-electron chi connectivity index (χ1n) is 10.4. The summed E-state index contributed by atoms with van der Waals surface area (Å²) in [5, 5.41) is 4.05. The molecule has 4 rings (SSSR count). The normalized spacial score (nSPS) is 10.9. The van der Waals surface area contributed by atoms with Gasteiger partial charge >= 0.3 is 5.63 Å². The summed E-state index contributed by atoms with van der Waals surface area (Å²) in [6.45, 7) is 5.59. The monoisotopic (exact) mass is 458 g/mol. The van der Waals surface area contributed by atoms with Crippen LogP contribution in [0.3, 0.4) is 0 Å². The molecule has 0 saturated carbocycles. The van der Waals surface area contributed by atoms with Crippen molar-refractivity contribution in [3.63, 3.8) is 0 Å². The molecule has 1 amide bonds. The molecule has 0 fully saturated rings. The zero-order valence-electron chi connectivity index (χ0n) is 18.5. The number of benzene rings is 2. The Balaban J connectivity index is 1.60. The van der Waals surface area contributed by atoms with Crippen LogP contribution >= 0.6 is 11.8 Å². The lowest BCUT2D eigenvalue weighted by atomic mass is 10.1. The molecular weight excluding hydrogens is 436 g/mol. The van der Waals surface area contributed by atoms with Gasteiger partial charge in [0, 0.05) is 16.8 Å². The van der Waals surface area contributed by atoms with Crippen molar-refractivity contribution < 1.29 is 14.0 Å². The second-order valence-electron chi connectivity index (χ2n) is 7.73. The lowest BCUT2D eigenvalue weighted by Gasteiger charge is -2.14. The van der Waals surface area contributed by atoms with Gasteiger partial charge in [0.15, 0.2) is 5.78 Å². The Bertz CT molecular complexity index is 1440. The first-order valence-corrected chi connectivity index (χ1v) is 11.4. The van der Waals surface area contributed by atoms with E-state index in [1.165, 1.54) is 0 Å². The van der Waals surface area contributed by atoms with E-state index < -0.39 is 5.63 Å². The van der Waals surface area contributed by atoms with Gasteiger partial charge in [-0.2, -0.15) is 0 Å². The van der Waals surface area contributed by atoms with Crippen molar-refractivity contribution >= 4 is 40.1 Å². The van der Waals surface area contributed by atoms with Crippen LogP contribution in [0.1, 0.15) is 37.5 Å². The van der Waals surface area contributed by atoms with Crippen molar-refractivity contribution in [3.05, 3.63) is 99.0 Å². The minimum Gasteiger partial charge on any atom is -0.422 e. The van der Waals surface area contributed by atoms with Crippen LogP contribution in [0, 0.1) is 20.8 Å². The van der Waals surface area contributed by atoms with Gasteiger partial charge in [-0.3, -0.25) is 9.59 Å². The molecule has 166 valence electrons. The zero-order valence-corrected chi connectivity index (χ0v) is 19.3. The van der Waals surface area contributed by atoms with Crippen LogP contribution in [-0.4, -0.2) is 22.4 Å². The average Bonchev–Trinajstić information content (AvgIpc) is 2.78. The van der Waals surface area contributed by atoms with E-state index in [2.05, 4.69) is 10.3 Å². The molecular formula is C26H22N2O4S. The Morgan fingerprint density at radius 2 is 1.70 bits per heavy atom. The van der Waals surface area contributed by atoms with E-state index in [0.29, 0.717) is 27.2 Å². The zero-order chi connectivity index (χ0) is 23.5. The van der Waals surface area contributed by atoms with E-state index in [1.807, 2.05) is 57.2 Å². The number of aryl methyl sites for hydroxylation is 3. The number of Topliss-reactive ketones (excluding diaryl/α,β-unsaturated/α-hetero) is 1. The Labute approximate surface area is 195 Å². The number of carbonyl (C=O) groups is 2. The third-order valence-corrected chi connectivity index (χ3v) is 6.19. The van der Waals surface area contributed by atoms with Crippen molar-refractivity contribution in [2.45, 2.75) is 25.8 Å². The quantitative estimate of drug-likeness (QED) is 0.238. The number of anilines is 1. The van der Waals surface area contributed by atoms with Crippen LogP contribution in [0.25, 0.3) is 11.0 Å². The van der Waals surface area contributed by atoms with Gasteiger partial charge in [-0.1, -0.05) is 48.2 Å². The van der Waals surface area contributed by atoms with Crippen LogP contribution < -0.4 is 10.9 Å². The highest BCUT2D eigenvalue weighted by molar-refractivity contribution is 8.00. The van der Waals surface area contributed by atoms with Crippen LogP contribution in [0.4, 0.5) is 5.69 Å². The molecule has 6 nitrogen and oxygen atoms in total. The average molecular weight is 459 g/mol. The lowest BCUT2D eigenvalue weighted by molar-refractivity contribution is 0.101. The maximum absolute atomic E-state index is 13.1. The third-order valence-electron chi connectivity index (χ3n) is 5.21. The van der Waals surface area contributed by atoms with Gasteiger partial charge in [0.2, 0.25) is 0 Å². The molecule has 0 saturated heterocycles. The fourth-order valence-electron chi connectivity index (χ4n) is 3.55. The van der Waals surface area contributed by atoms with Gasteiger partial charge in [-0.15, -0.1) is 0 Å². The number of hydrogen-bond acceptors (Lipinski definition) is 6. The highest BCUT2D eigenvalue weighted by atomic mass is 32.2. The van der Waals surface area contributed by atoms with Crippen molar-refractivity contribution in [3.8, 4) is 0 Å². The fourth-order valence-corrected chi connectivity index (χ4v) is 4.58. The van der Waals surface area contributed by atoms with Crippen LogP contribution in [0.15, 0.2) is 74.9 Å². The summed E-state index contributed by atoms with van der Waals surface area (Å²) < 4.78 is 5.28. The Hall–Kier alpha value is -3.71. The largest absolute Gasteiger partial charge is 0.422 e. The maximum atomic E-state index is 13.1. The van der Waals surface area contributed by atoms with Crippen molar-refractivity contribution in [2.75, 3.05) is 11.1 Å². The van der Waals surface area contributed by atoms with E-state index in [9.17, 15) is 14.4 Å². The second-order valence-corrected chi connectivity index (χ2v) is 8.69. The number of nitrogens with zero attached hydrogens (tertiary/aromatic N) is 1. The van der Waals surface area contributed by atoms with Crippen LogP contribution in [-0.2, 0) is 0 Å². The van der Waals surface area contributed by atoms with E-state index >= 15 is 0 Å². The number of fused-ring (bicyclic) bond motifs is 1. The smallest absolute Gasteiger partial charge is 0.347 e. The molecule has 1 N–H and O–H groups in total. The van der Waals surface area contributed by atoms with Crippen molar-refractivity contribution in [1.29, 1.82) is 0 Å². The number of hydrogen-bond donors (Lipinski definition) is 1.